The lowest BCUT2D eigenvalue weighted by Crippen LogP contribution is -2.22. The highest BCUT2D eigenvalue weighted by Gasteiger charge is 2.29. The van der Waals surface area contributed by atoms with Crippen LogP contribution in [0.5, 0.6) is 0 Å². The molecule has 2 aliphatic heterocycles. The Morgan fingerprint density at radius 3 is 2.83 bits per heavy atom. The normalized spacial score (nSPS) is 18.2. The van der Waals surface area contributed by atoms with Gasteiger partial charge >= 0.3 is 0 Å². The Kier molecular flexibility index (Phi) is 4.37. The lowest BCUT2D eigenvalue weighted by atomic mass is 10.0. The van der Waals surface area contributed by atoms with Crippen LogP contribution in [-0.2, 0) is 11.4 Å². The molecule has 0 saturated carbocycles. The first kappa shape index (κ1) is 17.6. The summed E-state index contributed by atoms with van der Waals surface area (Å²) in [5, 5.41) is 5.18. The quantitative estimate of drug-likeness (QED) is 0.736. The molecule has 3 heterocycles. The Labute approximate surface area is 168 Å². The van der Waals surface area contributed by atoms with Gasteiger partial charge in [0.1, 0.15) is 12.1 Å². The Hall–Kier alpha value is -3.45. The molecule has 1 aromatic heterocycles. The number of amides is 1. The predicted octanol–water partition coefficient (Wildman–Crippen LogP) is 3.69. The molecule has 7 heteroatoms. The second-order valence-corrected chi connectivity index (χ2v) is 7.29. The third kappa shape index (κ3) is 3.30. The van der Waals surface area contributed by atoms with Gasteiger partial charge in [-0.1, -0.05) is 30.3 Å². The molecule has 0 spiro atoms. The summed E-state index contributed by atoms with van der Waals surface area (Å²) in [7, 11) is 1.81. The average molecular weight is 387 g/mol. The molecular formula is C22H21N5O2. The summed E-state index contributed by atoms with van der Waals surface area (Å²) < 4.78 is 0. The second kappa shape index (κ2) is 7.18. The summed E-state index contributed by atoms with van der Waals surface area (Å²) in [6.07, 6.45) is 2.44. The minimum atomic E-state index is 0.0639. The first-order chi connectivity index (χ1) is 14.2. The lowest BCUT2D eigenvalue weighted by Gasteiger charge is -2.24. The van der Waals surface area contributed by atoms with E-state index in [1.165, 1.54) is 11.9 Å². The molecule has 5 rings (SSSR count). The number of hydrogen-bond acceptors (Lipinski definition) is 6. The maximum atomic E-state index is 12.1. The molecule has 1 fully saturated rings. The van der Waals surface area contributed by atoms with Crippen molar-refractivity contribution in [2.75, 3.05) is 24.0 Å². The Bertz CT molecular complexity index is 1060. The van der Waals surface area contributed by atoms with E-state index in [1.807, 2.05) is 54.6 Å². The Morgan fingerprint density at radius 1 is 1.10 bits per heavy atom. The van der Waals surface area contributed by atoms with Gasteiger partial charge in [-0.05, 0) is 29.3 Å². The third-order valence-electron chi connectivity index (χ3n) is 5.33. The number of hydrogen-bond donors (Lipinski definition) is 1. The van der Waals surface area contributed by atoms with Crippen LogP contribution < -0.4 is 10.4 Å². The van der Waals surface area contributed by atoms with Crippen LogP contribution in [0.25, 0.3) is 0 Å². The van der Waals surface area contributed by atoms with Crippen molar-refractivity contribution < 1.29 is 9.63 Å². The predicted molar refractivity (Wildman–Crippen MR) is 110 cm³/mol. The van der Waals surface area contributed by atoms with Crippen molar-refractivity contribution >= 4 is 23.2 Å². The monoisotopic (exact) mass is 387 g/mol. The summed E-state index contributed by atoms with van der Waals surface area (Å²) in [5.41, 5.74) is 3.87. The minimum Gasteiger partial charge on any atom is -0.340 e. The van der Waals surface area contributed by atoms with Gasteiger partial charge < -0.3 is 10.2 Å². The van der Waals surface area contributed by atoms with E-state index in [0.717, 1.165) is 23.2 Å². The highest BCUT2D eigenvalue weighted by molar-refractivity contribution is 5.98. The van der Waals surface area contributed by atoms with E-state index in [-0.39, 0.29) is 11.9 Å². The molecule has 0 unspecified atom stereocenters. The molecule has 146 valence electrons. The minimum absolute atomic E-state index is 0.0639. The number of benzene rings is 2. The van der Waals surface area contributed by atoms with Crippen molar-refractivity contribution in [3.05, 3.63) is 77.6 Å². The maximum Gasteiger partial charge on any atom is 0.254 e. The Balaban J connectivity index is 1.38. The van der Waals surface area contributed by atoms with Gasteiger partial charge in [0, 0.05) is 37.3 Å². The zero-order valence-electron chi connectivity index (χ0n) is 16.1. The van der Waals surface area contributed by atoms with Crippen LogP contribution in [0.1, 0.15) is 33.9 Å². The van der Waals surface area contributed by atoms with E-state index in [4.69, 9.17) is 4.84 Å². The number of carbonyl (C=O) groups is 1. The van der Waals surface area contributed by atoms with Crippen LogP contribution in [0.15, 0.2) is 60.9 Å². The summed E-state index contributed by atoms with van der Waals surface area (Å²) in [4.78, 5) is 28.4. The van der Waals surface area contributed by atoms with Crippen molar-refractivity contribution in [3.8, 4) is 0 Å². The number of nitrogens with zero attached hydrogens (tertiary/aromatic N) is 4. The fourth-order valence-electron chi connectivity index (χ4n) is 3.90. The zero-order valence-corrected chi connectivity index (χ0v) is 16.1. The lowest BCUT2D eigenvalue weighted by molar-refractivity contribution is 0.0816. The fraction of sp³-hybridized carbons (Fsp3) is 0.227. The van der Waals surface area contributed by atoms with Gasteiger partial charge in [0.2, 0.25) is 0 Å². The molecule has 29 heavy (non-hydrogen) atoms. The maximum absolute atomic E-state index is 12.1. The van der Waals surface area contributed by atoms with E-state index in [0.29, 0.717) is 24.8 Å². The summed E-state index contributed by atoms with van der Waals surface area (Å²) in [5.74, 6) is 1.45. The van der Waals surface area contributed by atoms with Crippen molar-refractivity contribution in [3.63, 3.8) is 0 Å². The first-order valence-corrected chi connectivity index (χ1v) is 9.63. The van der Waals surface area contributed by atoms with E-state index in [1.54, 1.807) is 4.90 Å². The molecule has 0 bridgehead atoms. The molecule has 3 aromatic rings. The summed E-state index contributed by atoms with van der Waals surface area (Å²) >= 11 is 0. The Morgan fingerprint density at radius 2 is 1.97 bits per heavy atom. The molecule has 1 N–H and O–H groups in total. The highest BCUT2D eigenvalue weighted by atomic mass is 16.7. The van der Waals surface area contributed by atoms with Crippen LogP contribution in [0.2, 0.25) is 0 Å². The molecule has 1 atom stereocenters. The second-order valence-electron chi connectivity index (χ2n) is 7.29. The number of carbonyl (C=O) groups excluding carboxylic acids is 1. The summed E-state index contributed by atoms with van der Waals surface area (Å²) in [6.45, 7) is 1.28. The number of nitrogens with one attached hydrogen (secondary N) is 1. The first-order valence-electron chi connectivity index (χ1n) is 9.63. The number of rotatable bonds is 4. The van der Waals surface area contributed by atoms with Crippen molar-refractivity contribution in [2.24, 2.45) is 0 Å². The molecule has 1 saturated heterocycles. The SMILES string of the molecule is CN1Cc2cc(Nc3cc(N4OCC[C@@H]4c4ccccc4)ncn3)ccc2C1=O. The molecule has 2 aromatic carbocycles. The largest absolute Gasteiger partial charge is 0.340 e. The van der Waals surface area contributed by atoms with Crippen molar-refractivity contribution in [2.45, 2.75) is 19.0 Å². The number of aromatic nitrogens is 2. The van der Waals surface area contributed by atoms with Gasteiger partial charge in [0.05, 0.1) is 12.6 Å². The standard InChI is InChI=1S/C22H21N5O2/c1-26-13-16-11-17(7-8-18(16)22(26)28)25-20-12-21(24-14-23-20)27-19(9-10-29-27)15-5-3-2-4-6-15/h2-8,11-12,14,19H,9-10,13H2,1H3,(H,23,24,25)/t19-/m1/s1. The molecule has 2 aliphatic rings. The van der Waals surface area contributed by atoms with Crippen molar-refractivity contribution in [1.29, 1.82) is 0 Å². The van der Waals surface area contributed by atoms with E-state index in [2.05, 4.69) is 27.4 Å². The van der Waals surface area contributed by atoms with Gasteiger partial charge in [0.25, 0.3) is 5.91 Å². The van der Waals surface area contributed by atoms with Gasteiger partial charge in [-0.25, -0.2) is 15.0 Å². The van der Waals surface area contributed by atoms with E-state index in [9.17, 15) is 4.79 Å². The molecule has 1 amide bonds. The zero-order chi connectivity index (χ0) is 19.8. The molecule has 0 radical (unpaired) electrons. The molecule has 7 nitrogen and oxygen atoms in total. The van der Waals surface area contributed by atoms with E-state index < -0.39 is 0 Å². The van der Waals surface area contributed by atoms with Gasteiger partial charge in [-0.3, -0.25) is 9.63 Å². The van der Waals surface area contributed by atoms with Gasteiger partial charge in [0.15, 0.2) is 5.82 Å². The fourth-order valence-corrected chi connectivity index (χ4v) is 3.90. The van der Waals surface area contributed by atoms with Gasteiger partial charge in [-0.2, -0.15) is 0 Å². The number of fused-ring (bicyclic) bond motifs is 1. The van der Waals surface area contributed by atoms with Gasteiger partial charge in [-0.15, -0.1) is 0 Å². The third-order valence-corrected chi connectivity index (χ3v) is 5.33. The van der Waals surface area contributed by atoms with Crippen LogP contribution >= 0.6 is 0 Å². The van der Waals surface area contributed by atoms with E-state index >= 15 is 0 Å². The molecular weight excluding hydrogens is 366 g/mol. The van der Waals surface area contributed by atoms with Crippen LogP contribution in [0.3, 0.4) is 0 Å². The summed E-state index contributed by atoms with van der Waals surface area (Å²) in [6, 6.07) is 18.1. The van der Waals surface area contributed by atoms with Crippen LogP contribution in [-0.4, -0.2) is 34.4 Å². The van der Waals surface area contributed by atoms with Crippen LogP contribution in [0.4, 0.5) is 17.3 Å². The average Bonchev–Trinajstić information content (AvgIpc) is 3.34. The molecule has 0 aliphatic carbocycles. The number of hydroxylamine groups is 1. The highest BCUT2D eigenvalue weighted by Crippen LogP contribution is 2.34. The van der Waals surface area contributed by atoms with Crippen LogP contribution in [0, 0.1) is 0 Å². The topological polar surface area (TPSA) is 70.6 Å². The number of anilines is 3. The van der Waals surface area contributed by atoms with Crippen molar-refractivity contribution in [1.82, 2.24) is 14.9 Å². The smallest absolute Gasteiger partial charge is 0.254 e.